The summed E-state index contributed by atoms with van der Waals surface area (Å²) >= 11 is 0. The third-order valence-electron chi connectivity index (χ3n) is 4.60. The second-order valence-electron chi connectivity index (χ2n) is 6.76. The van der Waals surface area contributed by atoms with Gasteiger partial charge in [0.2, 0.25) is 0 Å². The van der Waals surface area contributed by atoms with E-state index in [4.69, 9.17) is 0 Å². The third kappa shape index (κ3) is 2.98. The Bertz CT molecular complexity index is 717. The summed E-state index contributed by atoms with van der Waals surface area (Å²) in [6.45, 7) is 10.0. The van der Waals surface area contributed by atoms with E-state index >= 15 is 0 Å². The Morgan fingerprint density at radius 1 is 1.22 bits per heavy atom. The van der Waals surface area contributed by atoms with E-state index in [1.54, 1.807) is 0 Å². The lowest BCUT2D eigenvalue weighted by Crippen LogP contribution is -2.45. The molecule has 0 bridgehead atoms. The van der Waals surface area contributed by atoms with Gasteiger partial charge >= 0.3 is 6.03 Å². The van der Waals surface area contributed by atoms with Crippen LogP contribution in [-0.4, -0.2) is 22.0 Å². The first-order chi connectivity index (χ1) is 11.0. The van der Waals surface area contributed by atoms with Crippen molar-refractivity contribution in [2.24, 2.45) is 5.92 Å². The van der Waals surface area contributed by atoms with Gasteiger partial charge in [0.25, 0.3) is 0 Å². The van der Waals surface area contributed by atoms with Gasteiger partial charge in [-0.25, -0.2) is 4.79 Å². The maximum Gasteiger partial charge on any atom is 0.322 e. The minimum absolute atomic E-state index is 0.0110. The van der Waals surface area contributed by atoms with Crippen LogP contribution < -0.4 is 5.32 Å². The first-order valence-corrected chi connectivity index (χ1v) is 8.27. The number of urea groups is 1. The topological polar surface area (TPSA) is 37.3 Å². The lowest BCUT2D eigenvalue weighted by Gasteiger charge is -2.39. The fourth-order valence-electron chi connectivity index (χ4n) is 3.48. The summed E-state index contributed by atoms with van der Waals surface area (Å²) < 4.78 is 2.26. The van der Waals surface area contributed by atoms with E-state index < -0.39 is 0 Å². The largest absolute Gasteiger partial charge is 0.348 e. The molecule has 0 saturated carbocycles. The molecule has 2 aromatic rings. The molecule has 4 nitrogen and oxygen atoms in total. The lowest BCUT2D eigenvalue weighted by atomic mass is 9.97. The smallest absolute Gasteiger partial charge is 0.322 e. The second-order valence-corrected chi connectivity index (χ2v) is 6.76. The number of anilines is 1. The summed E-state index contributed by atoms with van der Waals surface area (Å²) in [5.41, 5.74) is 4.42. The Morgan fingerprint density at radius 2 is 2.00 bits per heavy atom. The van der Waals surface area contributed by atoms with Gasteiger partial charge in [-0.2, -0.15) is 0 Å². The quantitative estimate of drug-likeness (QED) is 0.879. The summed E-state index contributed by atoms with van der Waals surface area (Å²) in [7, 11) is 0. The molecule has 1 atom stereocenters. The van der Waals surface area contributed by atoms with Crippen LogP contribution in [0.4, 0.5) is 10.5 Å². The van der Waals surface area contributed by atoms with Gasteiger partial charge in [-0.15, -0.1) is 0 Å². The Labute approximate surface area is 138 Å². The number of fused-ring (bicyclic) bond motifs is 1. The van der Waals surface area contributed by atoms with Crippen molar-refractivity contribution >= 4 is 11.7 Å². The van der Waals surface area contributed by atoms with Crippen LogP contribution in [0.1, 0.15) is 36.7 Å². The van der Waals surface area contributed by atoms with Crippen molar-refractivity contribution in [1.82, 2.24) is 9.47 Å². The molecule has 0 spiro atoms. The van der Waals surface area contributed by atoms with Gasteiger partial charge in [0, 0.05) is 30.7 Å². The fourth-order valence-corrected chi connectivity index (χ4v) is 3.48. The molecule has 1 aliphatic rings. The summed E-state index contributed by atoms with van der Waals surface area (Å²) in [6, 6.07) is 10.4. The first kappa shape index (κ1) is 15.7. The molecule has 1 aromatic carbocycles. The number of rotatable bonds is 2. The summed E-state index contributed by atoms with van der Waals surface area (Å²) in [5, 5.41) is 3.09. The van der Waals surface area contributed by atoms with Gasteiger partial charge in [-0.1, -0.05) is 31.5 Å². The molecular weight excluding hydrogens is 286 g/mol. The molecule has 3 rings (SSSR count). The summed E-state index contributed by atoms with van der Waals surface area (Å²) in [5.74, 6) is 0.369. The van der Waals surface area contributed by atoms with Crippen molar-refractivity contribution in [2.75, 3.05) is 11.9 Å². The van der Waals surface area contributed by atoms with Gasteiger partial charge in [0.15, 0.2) is 0 Å². The Morgan fingerprint density at radius 3 is 2.70 bits per heavy atom. The van der Waals surface area contributed by atoms with E-state index in [0.29, 0.717) is 5.92 Å². The van der Waals surface area contributed by atoms with Crippen LogP contribution in [0.2, 0.25) is 0 Å². The summed E-state index contributed by atoms with van der Waals surface area (Å²) in [6.07, 6.45) is 2.10. The number of hydrogen-bond donors (Lipinski definition) is 1. The fraction of sp³-hybridized carbons (Fsp3) is 0.421. The number of aryl methyl sites for hydroxylation is 2. The molecule has 122 valence electrons. The molecule has 2 heterocycles. The first-order valence-electron chi connectivity index (χ1n) is 8.27. The van der Waals surface area contributed by atoms with Crippen LogP contribution in [0.3, 0.4) is 0 Å². The number of amides is 2. The van der Waals surface area contributed by atoms with Gasteiger partial charge < -0.3 is 14.8 Å². The predicted octanol–water partition coefficient (Wildman–Crippen LogP) is 4.35. The van der Waals surface area contributed by atoms with Gasteiger partial charge in [-0.3, -0.25) is 0 Å². The van der Waals surface area contributed by atoms with Gasteiger partial charge in [-0.05, 0) is 43.5 Å². The number of carbonyl (C=O) groups excluding carboxylic acids is 1. The Balaban J connectivity index is 1.84. The highest BCUT2D eigenvalue weighted by Gasteiger charge is 2.33. The van der Waals surface area contributed by atoms with Crippen molar-refractivity contribution < 1.29 is 4.79 Å². The molecule has 1 aliphatic heterocycles. The Hall–Kier alpha value is -2.23. The van der Waals surface area contributed by atoms with Crippen molar-refractivity contribution in [1.29, 1.82) is 0 Å². The van der Waals surface area contributed by atoms with Crippen LogP contribution >= 0.6 is 0 Å². The molecule has 4 heteroatoms. The molecule has 0 unspecified atom stereocenters. The zero-order chi connectivity index (χ0) is 16.6. The van der Waals surface area contributed by atoms with E-state index in [2.05, 4.69) is 55.1 Å². The van der Waals surface area contributed by atoms with E-state index in [-0.39, 0.29) is 12.1 Å². The SMILES string of the molecule is Cc1ccc(NC(=O)N2CCn3cccc3[C@H]2C(C)C)c(C)c1. The maximum atomic E-state index is 12.9. The molecule has 1 N–H and O–H groups in total. The van der Waals surface area contributed by atoms with Crippen LogP contribution in [0.25, 0.3) is 0 Å². The van der Waals surface area contributed by atoms with Crippen LogP contribution in [-0.2, 0) is 6.54 Å². The van der Waals surface area contributed by atoms with Crippen LogP contribution in [0.5, 0.6) is 0 Å². The van der Waals surface area contributed by atoms with Crippen molar-refractivity contribution in [2.45, 2.75) is 40.3 Å². The highest BCUT2D eigenvalue weighted by atomic mass is 16.2. The normalized spacial score (nSPS) is 17.3. The third-order valence-corrected chi connectivity index (χ3v) is 4.60. The molecule has 23 heavy (non-hydrogen) atoms. The van der Waals surface area contributed by atoms with E-state index in [0.717, 1.165) is 24.3 Å². The van der Waals surface area contributed by atoms with E-state index in [9.17, 15) is 4.79 Å². The number of benzene rings is 1. The number of aromatic nitrogens is 1. The van der Waals surface area contributed by atoms with Gasteiger partial charge in [0.05, 0.1) is 6.04 Å². The molecule has 2 amide bonds. The number of nitrogens with zero attached hydrogens (tertiary/aromatic N) is 2. The highest BCUT2D eigenvalue weighted by Crippen LogP contribution is 2.33. The number of carbonyl (C=O) groups is 1. The standard InChI is InChI=1S/C19H25N3O/c1-13(2)18-17-6-5-9-21(17)10-11-22(18)19(23)20-16-8-7-14(3)12-15(16)4/h5-9,12-13,18H,10-11H2,1-4H3,(H,20,23)/t18-/m1/s1. The number of hydrogen-bond acceptors (Lipinski definition) is 1. The Kier molecular flexibility index (Phi) is 4.16. The van der Waals surface area contributed by atoms with Crippen LogP contribution in [0, 0.1) is 19.8 Å². The van der Waals surface area contributed by atoms with E-state index in [1.807, 2.05) is 24.0 Å². The molecule has 0 fully saturated rings. The predicted molar refractivity (Wildman–Crippen MR) is 93.7 cm³/mol. The zero-order valence-corrected chi connectivity index (χ0v) is 14.3. The summed E-state index contributed by atoms with van der Waals surface area (Å²) in [4.78, 5) is 14.8. The molecule has 0 radical (unpaired) electrons. The van der Waals surface area contributed by atoms with Crippen molar-refractivity contribution in [3.05, 3.63) is 53.3 Å². The average Bonchev–Trinajstić information content (AvgIpc) is 2.97. The highest BCUT2D eigenvalue weighted by molar-refractivity contribution is 5.90. The van der Waals surface area contributed by atoms with Crippen molar-refractivity contribution in [3.63, 3.8) is 0 Å². The van der Waals surface area contributed by atoms with E-state index in [1.165, 1.54) is 11.3 Å². The number of nitrogens with one attached hydrogen (secondary N) is 1. The minimum atomic E-state index is -0.0110. The molecule has 0 aliphatic carbocycles. The average molecular weight is 311 g/mol. The maximum absolute atomic E-state index is 12.9. The van der Waals surface area contributed by atoms with Gasteiger partial charge in [0.1, 0.15) is 0 Å². The van der Waals surface area contributed by atoms with Crippen molar-refractivity contribution in [3.8, 4) is 0 Å². The monoisotopic (exact) mass is 311 g/mol. The molecule has 0 saturated heterocycles. The zero-order valence-electron chi connectivity index (χ0n) is 14.3. The molecular formula is C19H25N3O. The minimum Gasteiger partial charge on any atom is -0.348 e. The second kappa shape index (κ2) is 6.11. The van der Waals surface area contributed by atoms with Crippen LogP contribution in [0.15, 0.2) is 36.5 Å². The lowest BCUT2D eigenvalue weighted by molar-refractivity contribution is 0.144. The molecule has 1 aromatic heterocycles.